The normalized spacial score (nSPS) is 10.8. The molecular formula is C27H19NO2. The minimum atomic E-state index is 0.444. The molecule has 0 spiro atoms. The number of rotatable bonds is 5. The van der Waals surface area contributed by atoms with Crippen molar-refractivity contribution in [1.29, 1.82) is 0 Å². The van der Waals surface area contributed by atoms with Gasteiger partial charge in [-0.1, -0.05) is 60.7 Å². The van der Waals surface area contributed by atoms with Crippen molar-refractivity contribution < 1.29 is 9.53 Å². The van der Waals surface area contributed by atoms with Crippen LogP contribution in [0.4, 0.5) is 17.1 Å². The fourth-order valence-electron chi connectivity index (χ4n) is 3.81. The van der Waals surface area contributed by atoms with Crippen LogP contribution in [-0.2, 0) is 4.79 Å². The highest BCUT2D eigenvalue weighted by Gasteiger charge is 2.14. The zero-order valence-corrected chi connectivity index (χ0v) is 16.2. The maximum atomic E-state index is 10.7. The van der Waals surface area contributed by atoms with Gasteiger partial charge in [-0.25, -0.2) is 0 Å². The highest BCUT2D eigenvalue weighted by Crippen LogP contribution is 2.37. The lowest BCUT2D eigenvalue weighted by atomic mass is 10.1. The predicted molar refractivity (Wildman–Crippen MR) is 123 cm³/mol. The van der Waals surface area contributed by atoms with Gasteiger partial charge in [-0.2, -0.15) is 0 Å². The van der Waals surface area contributed by atoms with Crippen LogP contribution in [0.5, 0.6) is 5.75 Å². The van der Waals surface area contributed by atoms with E-state index in [1.807, 2.05) is 12.1 Å². The van der Waals surface area contributed by atoms with E-state index in [1.165, 1.54) is 21.5 Å². The summed E-state index contributed by atoms with van der Waals surface area (Å²) in [7, 11) is 0. The van der Waals surface area contributed by atoms with Crippen molar-refractivity contribution in [1.82, 2.24) is 0 Å². The number of nitrogens with zero attached hydrogens (tertiary/aromatic N) is 1. The molecule has 0 radical (unpaired) electrons. The van der Waals surface area contributed by atoms with Crippen LogP contribution in [0.2, 0.25) is 0 Å². The zero-order chi connectivity index (χ0) is 20.3. The molecule has 144 valence electrons. The lowest BCUT2D eigenvalue weighted by molar-refractivity contribution is -0.120. The molecule has 0 aromatic heterocycles. The summed E-state index contributed by atoms with van der Waals surface area (Å²) in [4.78, 5) is 12.9. The molecule has 0 unspecified atom stereocenters. The molecular weight excluding hydrogens is 370 g/mol. The Morgan fingerprint density at radius 3 is 1.50 bits per heavy atom. The Kier molecular flexibility index (Phi) is 4.62. The number of carbonyl (C=O) groups is 1. The Morgan fingerprint density at radius 2 is 1.00 bits per heavy atom. The van der Waals surface area contributed by atoms with Crippen LogP contribution < -0.4 is 9.64 Å². The Bertz CT molecular complexity index is 1260. The van der Waals surface area contributed by atoms with Gasteiger partial charge < -0.3 is 9.64 Å². The van der Waals surface area contributed by atoms with Gasteiger partial charge in [0.2, 0.25) is 0 Å². The number of hydrogen-bond acceptors (Lipinski definition) is 3. The maximum absolute atomic E-state index is 10.7. The monoisotopic (exact) mass is 389 g/mol. The molecule has 0 aliphatic carbocycles. The van der Waals surface area contributed by atoms with E-state index >= 15 is 0 Å². The fraction of sp³-hybridized carbons (Fsp3) is 0. The van der Waals surface area contributed by atoms with E-state index in [0.717, 1.165) is 17.1 Å². The first-order valence-corrected chi connectivity index (χ1v) is 9.80. The SMILES string of the molecule is O=COc1ccc(N(c2ccc3ccccc3c2)c2ccc3ccccc3c2)cc1. The summed E-state index contributed by atoms with van der Waals surface area (Å²) in [6.07, 6.45) is 0. The molecule has 3 heteroatoms. The van der Waals surface area contributed by atoms with Gasteiger partial charge in [0, 0.05) is 17.1 Å². The molecule has 5 aromatic carbocycles. The molecule has 3 nitrogen and oxygen atoms in total. The van der Waals surface area contributed by atoms with Gasteiger partial charge in [0.05, 0.1) is 0 Å². The largest absolute Gasteiger partial charge is 0.429 e. The van der Waals surface area contributed by atoms with E-state index in [4.69, 9.17) is 4.74 Å². The second-order valence-corrected chi connectivity index (χ2v) is 7.11. The van der Waals surface area contributed by atoms with E-state index < -0.39 is 0 Å². The molecule has 0 atom stereocenters. The lowest BCUT2D eigenvalue weighted by Gasteiger charge is -2.26. The highest BCUT2D eigenvalue weighted by atomic mass is 16.5. The first-order valence-electron chi connectivity index (χ1n) is 9.80. The second-order valence-electron chi connectivity index (χ2n) is 7.11. The van der Waals surface area contributed by atoms with Gasteiger partial charge in [-0.05, 0) is 70.1 Å². The van der Waals surface area contributed by atoms with E-state index in [2.05, 4.69) is 89.8 Å². The molecule has 0 saturated carbocycles. The van der Waals surface area contributed by atoms with Crippen LogP contribution in [0, 0.1) is 0 Å². The molecule has 0 heterocycles. The summed E-state index contributed by atoms with van der Waals surface area (Å²) in [5, 5.41) is 4.77. The Hall–Kier alpha value is -4.11. The topological polar surface area (TPSA) is 29.5 Å². The van der Waals surface area contributed by atoms with Crippen LogP contribution in [0.15, 0.2) is 109 Å². The number of carbonyl (C=O) groups excluding carboxylic acids is 1. The summed E-state index contributed by atoms with van der Waals surface area (Å²) in [6.45, 7) is 0.444. The van der Waals surface area contributed by atoms with Crippen LogP contribution in [0.1, 0.15) is 0 Å². The van der Waals surface area contributed by atoms with Crippen molar-refractivity contribution in [2.75, 3.05) is 4.90 Å². The highest BCUT2D eigenvalue weighted by molar-refractivity contribution is 5.92. The van der Waals surface area contributed by atoms with Crippen LogP contribution in [-0.4, -0.2) is 6.47 Å². The van der Waals surface area contributed by atoms with Gasteiger partial charge in [0.25, 0.3) is 6.47 Å². The van der Waals surface area contributed by atoms with Crippen molar-refractivity contribution in [3.05, 3.63) is 109 Å². The Morgan fingerprint density at radius 1 is 0.533 bits per heavy atom. The Labute approximate surface area is 174 Å². The average molecular weight is 389 g/mol. The second kappa shape index (κ2) is 7.72. The molecule has 5 rings (SSSR count). The molecule has 5 aromatic rings. The Balaban J connectivity index is 1.68. The third kappa shape index (κ3) is 3.38. The van der Waals surface area contributed by atoms with E-state index in [0.29, 0.717) is 12.2 Å². The van der Waals surface area contributed by atoms with Crippen LogP contribution >= 0.6 is 0 Å². The molecule has 0 fully saturated rings. The predicted octanol–water partition coefficient (Wildman–Crippen LogP) is 7.00. The van der Waals surface area contributed by atoms with Gasteiger partial charge in [0.1, 0.15) is 5.75 Å². The zero-order valence-electron chi connectivity index (χ0n) is 16.2. The standard InChI is InChI=1S/C27H19NO2/c29-19-30-27-15-13-24(14-16-27)28(25-11-9-20-5-1-3-7-22(20)17-25)26-12-10-21-6-2-4-8-23(21)18-26/h1-19H. The van der Waals surface area contributed by atoms with Crippen molar-refractivity contribution in [3.8, 4) is 5.75 Å². The van der Waals surface area contributed by atoms with Crippen molar-refractivity contribution in [2.24, 2.45) is 0 Å². The minimum Gasteiger partial charge on any atom is -0.429 e. The molecule has 0 aliphatic rings. The number of hydrogen-bond donors (Lipinski definition) is 0. The third-order valence-corrected chi connectivity index (χ3v) is 5.26. The summed E-state index contributed by atoms with van der Waals surface area (Å²) >= 11 is 0. The van der Waals surface area contributed by atoms with Crippen molar-refractivity contribution in [3.63, 3.8) is 0 Å². The van der Waals surface area contributed by atoms with Crippen LogP contribution in [0.25, 0.3) is 21.5 Å². The van der Waals surface area contributed by atoms with Gasteiger partial charge in [-0.15, -0.1) is 0 Å². The quantitative estimate of drug-likeness (QED) is 0.303. The molecule has 0 aliphatic heterocycles. The summed E-state index contributed by atoms with van der Waals surface area (Å²) < 4.78 is 4.97. The molecule has 0 amide bonds. The van der Waals surface area contributed by atoms with Gasteiger partial charge >= 0.3 is 0 Å². The summed E-state index contributed by atoms with van der Waals surface area (Å²) in [5.74, 6) is 0.519. The average Bonchev–Trinajstić information content (AvgIpc) is 2.80. The van der Waals surface area contributed by atoms with Gasteiger partial charge in [-0.3, -0.25) is 4.79 Å². The van der Waals surface area contributed by atoms with E-state index in [-0.39, 0.29) is 0 Å². The van der Waals surface area contributed by atoms with Crippen molar-refractivity contribution in [2.45, 2.75) is 0 Å². The van der Waals surface area contributed by atoms with E-state index in [9.17, 15) is 4.79 Å². The van der Waals surface area contributed by atoms with E-state index in [1.54, 1.807) is 12.1 Å². The van der Waals surface area contributed by atoms with Crippen LogP contribution in [0.3, 0.4) is 0 Å². The molecule has 0 bridgehead atoms. The van der Waals surface area contributed by atoms with Gasteiger partial charge in [0.15, 0.2) is 0 Å². The number of fused-ring (bicyclic) bond motifs is 2. The maximum Gasteiger partial charge on any atom is 0.298 e. The molecule has 30 heavy (non-hydrogen) atoms. The first-order chi connectivity index (χ1) is 14.8. The number of benzene rings is 5. The summed E-state index contributed by atoms with van der Waals surface area (Å²) in [6, 6.07) is 37.2. The molecule has 0 N–H and O–H groups in total. The lowest BCUT2D eigenvalue weighted by Crippen LogP contribution is -2.10. The number of ether oxygens (including phenoxy) is 1. The molecule has 0 saturated heterocycles. The van der Waals surface area contributed by atoms with Crippen molar-refractivity contribution >= 4 is 45.1 Å². The third-order valence-electron chi connectivity index (χ3n) is 5.26. The first kappa shape index (κ1) is 18.0. The number of anilines is 3. The fourth-order valence-corrected chi connectivity index (χ4v) is 3.81. The minimum absolute atomic E-state index is 0.444. The summed E-state index contributed by atoms with van der Waals surface area (Å²) in [5.41, 5.74) is 3.11. The smallest absolute Gasteiger partial charge is 0.298 e.